The molecular formula is C11H20N4. The highest BCUT2D eigenvalue weighted by atomic mass is 15.3. The van der Waals surface area contributed by atoms with Gasteiger partial charge in [0.2, 0.25) is 0 Å². The third-order valence-electron chi connectivity index (χ3n) is 3.60. The minimum atomic E-state index is -0.587. The maximum absolute atomic E-state index is 9.17. The highest BCUT2D eigenvalue weighted by Crippen LogP contribution is 2.38. The molecule has 2 rings (SSSR count). The maximum atomic E-state index is 9.17. The van der Waals surface area contributed by atoms with Crippen LogP contribution in [-0.4, -0.2) is 55.1 Å². The van der Waals surface area contributed by atoms with Crippen molar-refractivity contribution in [2.45, 2.75) is 18.4 Å². The van der Waals surface area contributed by atoms with Gasteiger partial charge in [-0.2, -0.15) is 5.26 Å². The van der Waals surface area contributed by atoms with Gasteiger partial charge in [-0.15, -0.1) is 0 Å². The van der Waals surface area contributed by atoms with Crippen LogP contribution in [-0.2, 0) is 0 Å². The largest absolute Gasteiger partial charge is 0.312 e. The van der Waals surface area contributed by atoms with E-state index in [1.165, 1.54) is 0 Å². The molecule has 1 saturated carbocycles. The highest BCUT2D eigenvalue weighted by molar-refractivity contribution is 5.14. The van der Waals surface area contributed by atoms with Crippen LogP contribution in [0, 0.1) is 17.2 Å². The van der Waals surface area contributed by atoms with Crippen LogP contribution in [0.15, 0.2) is 0 Å². The smallest absolute Gasteiger partial charge is 0.119 e. The van der Waals surface area contributed by atoms with E-state index in [2.05, 4.69) is 22.9 Å². The van der Waals surface area contributed by atoms with Crippen molar-refractivity contribution in [3.05, 3.63) is 0 Å². The summed E-state index contributed by atoms with van der Waals surface area (Å²) in [6.45, 7) is 5.02. The number of nitrogens with two attached hydrogens (primary N) is 1. The number of nitrogens with zero attached hydrogens (tertiary/aromatic N) is 3. The standard InChI is InChI=1S/C11H20N4/c1-14-4-6-15(7-5-14)9-11(13,8-12)10-2-3-10/h10H,2-7,9,13H2,1H3. The van der Waals surface area contributed by atoms with Crippen LogP contribution in [0.1, 0.15) is 12.8 Å². The van der Waals surface area contributed by atoms with Crippen molar-refractivity contribution in [1.82, 2.24) is 9.80 Å². The zero-order valence-electron chi connectivity index (χ0n) is 9.45. The molecule has 4 nitrogen and oxygen atoms in total. The van der Waals surface area contributed by atoms with E-state index in [4.69, 9.17) is 11.0 Å². The second-order valence-electron chi connectivity index (χ2n) is 5.01. The van der Waals surface area contributed by atoms with Crippen molar-refractivity contribution in [3.8, 4) is 6.07 Å². The van der Waals surface area contributed by atoms with Gasteiger partial charge in [-0.25, -0.2) is 0 Å². The summed E-state index contributed by atoms with van der Waals surface area (Å²) < 4.78 is 0. The molecule has 0 aromatic rings. The molecule has 1 heterocycles. The van der Waals surface area contributed by atoms with Gasteiger partial charge in [0.1, 0.15) is 5.54 Å². The number of piperazine rings is 1. The Morgan fingerprint density at radius 3 is 2.40 bits per heavy atom. The first-order valence-corrected chi connectivity index (χ1v) is 5.75. The van der Waals surface area contributed by atoms with E-state index in [1.54, 1.807) is 0 Å². The minimum Gasteiger partial charge on any atom is -0.312 e. The average Bonchev–Trinajstić information content (AvgIpc) is 3.05. The number of likely N-dealkylation sites (N-methyl/N-ethyl adjacent to an activating group) is 1. The molecule has 2 aliphatic rings. The summed E-state index contributed by atoms with van der Waals surface area (Å²) >= 11 is 0. The van der Waals surface area contributed by atoms with Gasteiger partial charge >= 0.3 is 0 Å². The van der Waals surface area contributed by atoms with Gasteiger partial charge in [0.25, 0.3) is 0 Å². The number of nitriles is 1. The second kappa shape index (κ2) is 4.09. The Morgan fingerprint density at radius 1 is 1.33 bits per heavy atom. The van der Waals surface area contributed by atoms with Crippen molar-refractivity contribution in [1.29, 1.82) is 5.26 Å². The molecular weight excluding hydrogens is 188 g/mol. The van der Waals surface area contributed by atoms with Crippen molar-refractivity contribution < 1.29 is 0 Å². The Morgan fingerprint density at radius 2 is 1.93 bits per heavy atom. The summed E-state index contributed by atoms with van der Waals surface area (Å²) in [5.41, 5.74) is 5.56. The molecule has 15 heavy (non-hydrogen) atoms. The molecule has 1 aliphatic heterocycles. The first-order valence-electron chi connectivity index (χ1n) is 5.75. The molecule has 0 bridgehead atoms. The second-order valence-corrected chi connectivity index (χ2v) is 5.01. The van der Waals surface area contributed by atoms with Crippen LogP contribution in [0.2, 0.25) is 0 Å². The minimum absolute atomic E-state index is 0.446. The van der Waals surface area contributed by atoms with E-state index in [1.807, 2.05) is 0 Å². The van der Waals surface area contributed by atoms with Gasteiger partial charge in [-0.3, -0.25) is 4.90 Å². The van der Waals surface area contributed by atoms with Gasteiger partial charge in [-0.1, -0.05) is 0 Å². The summed E-state index contributed by atoms with van der Waals surface area (Å²) in [5.74, 6) is 0.446. The fourth-order valence-electron chi connectivity index (χ4n) is 2.23. The van der Waals surface area contributed by atoms with E-state index in [-0.39, 0.29) is 0 Å². The average molecular weight is 208 g/mol. The summed E-state index contributed by atoms with van der Waals surface area (Å²) in [7, 11) is 2.14. The summed E-state index contributed by atoms with van der Waals surface area (Å²) in [4.78, 5) is 4.65. The predicted octanol–water partition coefficient (Wildman–Crippen LogP) is -0.135. The normalized spacial score (nSPS) is 28.3. The van der Waals surface area contributed by atoms with Gasteiger partial charge in [-0.05, 0) is 25.8 Å². The molecule has 1 aliphatic carbocycles. The molecule has 2 fully saturated rings. The van der Waals surface area contributed by atoms with Crippen LogP contribution in [0.3, 0.4) is 0 Å². The van der Waals surface area contributed by atoms with E-state index < -0.39 is 5.54 Å². The third-order valence-corrected chi connectivity index (χ3v) is 3.60. The monoisotopic (exact) mass is 208 g/mol. The Balaban J connectivity index is 1.87. The van der Waals surface area contributed by atoms with Crippen molar-refractivity contribution in [2.75, 3.05) is 39.8 Å². The molecule has 4 heteroatoms. The fourth-order valence-corrected chi connectivity index (χ4v) is 2.23. The summed E-state index contributed by atoms with van der Waals surface area (Å²) in [6, 6.07) is 2.32. The Bertz CT molecular complexity index is 260. The molecule has 84 valence electrons. The van der Waals surface area contributed by atoms with E-state index in [0.29, 0.717) is 5.92 Å². The lowest BCUT2D eigenvalue weighted by molar-refractivity contribution is 0.133. The molecule has 1 unspecified atom stereocenters. The summed E-state index contributed by atoms with van der Waals surface area (Å²) in [5, 5.41) is 9.17. The summed E-state index contributed by atoms with van der Waals surface area (Å²) in [6.07, 6.45) is 2.27. The zero-order chi connectivity index (χ0) is 10.9. The zero-order valence-corrected chi connectivity index (χ0v) is 9.45. The molecule has 0 aromatic carbocycles. The molecule has 2 N–H and O–H groups in total. The predicted molar refractivity (Wildman–Crippen MR) is 59.2 cm³/mol. The Labute approximate surface area is 91.6 Å². The highest BCUT2D eigenvalue weighted by Gasteiger charge is 2.43. The lowest BCUT2D eigenvalue weighted by atomic mass is 9.95. The fraction of sp³-hybridized carbons (Fsp3) is 0.909. The first kappa shape index (κ1) is 10.9. The topological polar surface area (TPSA) is 56.3 Å². The van der Waals surface area contributed by atoms with Gasteiger partial charge in [0, 0.05) is 32.7 Å². The van der Waals surface area contributed by atoms with E-state index in [0.717, 1.165) is 45.6 Å². The van der Waals surface area contributed by atoms with Crippen LogP contribution in [0.25, 0.3) is 0 Å². The van der Waals surface area contributed by atoms with Gasteiger partial charge < -0.3 is 10.6 Å². The molecule has 0 aromatic heterocycles. The van der Waals surface area contributed by atoms with Crippen LogP contribution >= 0.6 is 0 Å². The van der Waals surface area contributed by atoms with Crippen molar-refractivity contribution in [3.63, 3.8) is 0 Å². The third kappa shape index (κ3) is 2.49. The number of hydrogen-bond donors (Lipinski definition) is 1. The van der Waals surface area contributed by atoms with E-state index >= 15 is 0 Å². The SMILES string of the molecule is CN1CCN(CC(N)(C#N)C2CC2)CC1. The van der Waals surface area contributed by atoms with Gasteiger partial charge in [0.05, 0.1) is 6.07 Å². The molecule has 0 radical (unpaired) electrons. The van der Waals surface area contributed by atoms with Crippen LogP contribution in [0.5, 0.6) is 0 Å². The lowest BCUT2D eigenvalue weighted by Crippen LogP contribution is -2.55. The molecule has 1 saturated heterocycles. The number of rotatable bonds is 3. The Hall–Kier alpha value is -0.630. The molecule has 0 amide bonds. The van der Waals surface area contributed by atoms with Crippen LogP contribution in [0.4, 0.5) is 0 Å². The first-order chi connectivity index (χ1) is 7.14. The van der Waals surface area contributed by atoms with E-state index in [9.17, 15) is 0 Å². The van der Waals surface area contributed by atoms with Crippen molar-refractivity contribution in [2.24, 2.45) is 11.7 Å². The molecule has 0 spiro atoms. The maximum Gasteiger partial charge on any atom is 0.119 e. The Kier molecular flexibility index (Phi) is 2.96. The van der Waals surface area contributed by atoms with Crippen molar-refractivity contribution >= 4 is 0 Å². The van der Waals surface area contributed by atoms with Gasteiger partial charge in [0.15, 0.2) is 0 Å². The quantitative estimate of drug-likeness (QED) is 0.701. The number of hydrogen-bond acceptors (Lipinski definition) is 4. The molecule has 1 atom stereocenters. The lowest BCUT2D eigenvalue weighted by Gasteiger charge is -2.36. The van der Waals surface area contributed by atoms with Crippen LogP contribution < -0.4 is 5.73 Å².